The van der Waals surface area contributed by atoms with Crippen LogP contribution in [0.5, 0.6) is 0 Å². The average Bonchev–Trinajstić information content (AvgIpc) is 3.51. The number of aliphatic hydroxyl groups excluding tert-OH is 3. The van der Waals surface area contributed by atoms with Crippen molar-refractivity contribution in [3.8, 4) is 0 Å². The van der Waals surface area contributed by atoms with E-state index in [1.807, 2.05) is 49.4 Å². The van der Waals surface area contributed by atoms with E-state index in [1.54, 1.807) is 18.2 Å². The van der Waals surface area contributed by atoms with Crippen LogP contribution in [0.15, 0.2) is 66.3 Å². The standard InChI is InChI=1S/C36H41NO7/c1-34-12-11-25(40)15-24(34)8-9-26-27-16-31-36(30(42)19-39,35(27,2)17-29(41)32(26)34)44-33(43-31)22-6-3-20(4-7-22)13-21-5-10-28(37)23(14-21)18-38/h3-7,10-12,14-15,26-27,29,31-33,38-39,41H,8-9,13,16-19,37H2,1-2H3/t26-,27-,29-,31+,32+,33+,34-,35-,36+/m0/s1. The van der Waals surface area contributed by atoms with E-state index in [0.717, 1.165) is 35.1 Å². The Labute approximate surface area is 257 Å². The summed E-state index contributed by atoms with van der Waals surface area (Å²) in [6.07, 6.45) is 6.50. The zero-order chi connectivity index (χ0) is 31.0. The molecule has 0 bridgehead atoms. The van der Waals surface area contributed by atoms with Gasteiger partial charge in [0.1, 0.15) is 6.61 Å². The van der Waals surface area contributed by atoms with Gasteiger partial charge in [-0.3, -0.25) is 9.59 Å². The van der Waals surface area contributed by atoms with Crippen molar-refractivity contribution < 1.29 is 34.4 Å². The summed E-state index contributed by atoms with van der Waals surface area (Å²) in [6.45, 7) is 3.39. The van der Waals surface area contributed by atoms with Gasteiger partial charge in [-0.15, -0.1) is 0 Å². The number of nitrogen functional groups attached to an aromatic ring is 1. The van der Waals surface area contributed by atoms with Crippen LogP contribution in [0.4, 0.5) is 5.69 Å². The number of aliphatic hydroxyl groups is 3. The summed E-state index contributed by atoms with van der Waals surface area (Å²) in [6, 6.07) is 13.6. The van der Waals surface area contributed by atoms with Crippen LogP contribution in [-0.4, -0.2) is 51.3 Å². The largest absolute Gasteiger partial charge is 0.398 e. The van der Waals surface area contributed by atoms with Gasteiger partial charge in [-0.2, -0.15) is 0 Å². The molecule has 1 heterocycles. The predicted molar refractivity (Wildman–Crippen MR) is 163 cm³/mol. The molecule has 44 heavy (non-hydrogen) atoms. The van der Waals surface area contributed by atoms with Gasteiger partial charge < -0.3 is 30.5 Å². The Balaban J connectivity index is 1.16. The molecule has 5 aliphatic rings. The molecule has 1 saturated heterocycles. The summed E-state index contributed by atoms with van der Waals surface area (Å²) in [7, 11) is 0. The Morgan fingerprint density at radius 1 is 1.09 bits per heavy atom. The van der Waals surface area contributed by atoms with E-state index in [9.17, 15) is 24.9 Å². The molecule has 0 aromatic heterocycles. The SMILES string of the molecule is C[C@]12C=CC(=O)C=C1CC[C@@H]1[C@@H]2[C@@H](O)C[C@@]2(C)[C@H]1C[C@H]1O[C@@H](c3ccc(Cc4ccc(N)c(CO)c4)cc3)O[C@]12C(=O)CO. The highest BCUT2D eigenvalue weighted by Crippen LogP contribution is 2.70. The third-order valence-corrected chi connectivity index (χ3v) is 11.8. The van der Waals surface area contributed by atoms with Gasteiger partial charge in [-0.1, -0.05) is 61.9 Å². The molecule has 5 N–H and O–H groups in total. The molecule has 7 rings (SSSR count). The number of carbonyl (C=O) groups excluding carboxylic acids is 2. The van der Waals surface area contributed by atoms with Crippen molar-refractivity contribution in [2.45, 2.75) is 76.7 Å². The van der Waals surface area contributed by atoms with E-state index in [-0.39, 0.29) is 30.1 Å². The fourth-order valence-corrected chi connectivity index (χ4v) is 9.77. The van der Waals surface area contributed by atoms with Gasteiger partial charge in [0.2, 0.25) is 0 Å². The predicted octanol–water partition coefficient (Wildman–Crippen LogP) is 3.95. The smallest absolute Gasteiger partial charge is 0.193 e. The number of carbonyl (C=O) groups is 2. The molecule has 8 heteroatoms. The van der Waals surface area contributed by atoms with Crippen molar-refractivity contribution in [3.05, 3.63) is 88.5 Å². The first kappa shape index (κ1) is 29.6. The third kappa shape index (κ3) is 4.15. The maximum atomic E-state index is 13.8. The molecule has 2 aromatic carbocycles. The van der Waals surface area contributed by atoms with Crippen molar-refractivity contribution in [3.63, 3.8) is 0 Å². The lowest BCUT2D eigenvalue weighted by Crippen LogP contribution is -2.63. The summed E-state index contributed by atoms with van der Waals surface area (Å²) in [5.74, 6) is -0.319. The number of rotatable bonds is 6. The lowest BCUT2D eigenvalue weighted by atomic mass is 9.46. The van der Waals surface area contributed by atoms with E-state index < -0.39 is 47.3 Å². The van der Waals surface area contributed by atoms with Crippen molar-refractivity contribution in [1.29, 1.82) is 0 Å². The van der Waals surface area contributed by atoms with Crippen LogP contribution in [0.2, 0.25) is 0 Å². The number of ketones is 2. The Morgan fingerprint density at radius 2 is 1.84 bits per heavy atom. The molecule has 8 nitrogen and oxygen atoms in total. The van der Waals surface area contributed by atoms with E-state index in [4.69, 9.17) is 15.2 Å². The average molecular weight is 600 g/mol. The minimum atomic E-state index is -1.37. The molecule has 232 valence electrons. The van der Waals surface area contributed by atoms with Gasteiger partial charge in [0, 0.05) is 33.6 Å². The van der Waals surface area contributed by atoms with E-state index in [2.05, 4.69) is 6.92 Å². The van der Waals surface area contributed by atoms with Crippen molar-refractivity contribution in [1.82, 2.24) is 0 Å². The quantitative estimate of drug-likeness (QED) is 0.366. The number of allylic oxidation sites excluding steroid dienone is 4. The number of hydrogen-bond donors (Lipinski definition) is 4. The van der Waals surface area contributed by atoms with Crippen LogP contribution in [0, 0.1) is 28.6 Å². The van der Waals surface area contributed by atoms with Crippen LogP contribution in [0.3, 0.4) is 0 Å². The molecule has 0 unspecified atom stereocenters. The summed E-state index contributed by atoms with van der Waals surface area (Å²) < 4.78 is 13.3. The van der Waals surface area contributed by atoms with Gasteiger partial charge in [0.25, 0.3) is 0 Å². The number of benzene rings is 2. The minimum Gasteiger partial charge on any atom is -0.398 e. The number of anilines is 1. The molecular formula is C36H41NO7. The number of Topliss-reactive ketones (excluding diaryl/α,β-unsaturated/α-hetero) is 1. The Kier molecular flexibility index (Phi) is 7.03. The fourth-order valence-electron chi connectivity index (χ4n) is 9.77. The normalized spacial score (nSPS) is 38.8. The van der Waals surface area contributed by atoms with Crippen molar-refractivity contribution in [2.75, 3.05) is 12.3 Å². The molecular weight excluding hydrogens is 558 g/mol. The lowest BCUT2D eigenvalue weighted by molar-refractivity contribution is -0.201. The summed E-state index contributed by atoms with van der Waals surface area (Å²) >= 11 is 0. The highest BCUT2D eigenvalue weighted by molar-refractivity contribution is 6.01. The Bertz CT molecular complexity index is 1560. The number of nitrogens with two attached hydrogens (primary N) is 1. The second-order valence-corrected chi connectivity index (χ2v) is 13.9. The van der Waals surface area contributed by atoms with Gasteiger partial charge >= 0.3 is 0 Å². The topological polar surface area (TPSA) is 139 Å². The fraction of sp³-hybridized carbons (Fsp3) is 0.500. The first-order chi connectivity index (χ1) is 21.0. The first-order valence-electron chi connectivity index (χ1n) is 15.7. The molecule has 3 saturated carbocycles. The van der Waals surface area contributed by atoms with Gasteiger partial charge in [0.05, 0.1) is 18.8 Å². The number of fused-ring (bicyclic) bond motifs is 7. The van der Waals surface area contributed by atoms with Crippen molar-refractivity contribution in [2.24, 2.45) is 28.6 Å². The molecule has 4 fully saturated rings. The number of ether oxygens (including phenoxy) is 2. The molecule has 9 atom stereocenters. The van der Waals surface area contributed by atoms with Crippen LogP contribution in [0.1, 0.15) is 68.1 Å². The summed E-state index contributed by atoms with van der Waals surface area (Å²) in [5.41, 5.74) is 8.64. The second kappa shape index (κ2) is 10.5. The van der Waals surface area contributed by atoms with Gasteiger partial charge in [0.15, 0.2) is 23.5 Å². The molecule has 1 aliphatic heterocycles. The van der Waals surface area contributed by atoms with Gasteiger partial charge in [-0.05, 0) is 73.3 Å². The molecule has 4 aliphatic carbocycles. The Hall–Kier alpha value is -3.14. The maximum Gasteiger partial charge on any atom is 0.193 e. The minimum absolute atomic E-state index is 0.00378. The number of hydrogen-bond acceptors (Lipinski definition) is 8. The highest BCUT2D eigenvalue weighted by Gasteiger charge is 2.75. The lowest BCUT2D eigenvalue weighted by Gasteiger charge is -2.59. The summed E-state index contributed by atoms with van der Waals surface area (Å²) in [4.78, 5) is 25.9. The Morgan fingerprint density at radius 3 is 2.57 bits per heavy atom. The van der Waals surface area contributed by atoms with Gasteiger partial charge in [-0.25, -0.2) is 0 Å². The third-order valence-electron chi connectivity index (χ3n) is 11.8. The maximum absolute atomic E-state index is 13.8. The zero-order valence-corrected chi connectivity index (χ0v) is 25.2. The monoisotopic (exact) mass is 599 g/mol. The molecule has 2 aromatic rings. The molecule has 0 radical (unpaired) electrons. The van der Waals surface area contributed by atoms with E-state index >= 15 is 0 Å². The van der Waals surface area contributed by atoms with E-state index in [0.29, 0.717) is 30.5 Å². The first-order valence-corrected chi connectivity index (χ1v) is 15.7. The van der Waals surface area contributed by atoms with Crippen LogP contribution >= 0.6 is 0 Å². The zero-order valence-electron chi connectivity index (χ0n) is 25.2. The molecule has 0 spiro atoms. The van der Waals surface area contributed by atoms with Crippen LogP contribution in [-0.2, 0) is 32.1 Å². The van der Waals surface area contributed by atoms with Crippen LogP contribution in [0.25, 0.3) is 0 Å². The summed E-state index contributed by atoms with van der Waals surface area (Å²) in [5, 5.41) is 31.6. The highest BCUT2D eigenvalue weighted by atomic mass is 16.7. The van der Waals surface area contributed by atoms with Crippen LogP contribution < -0.4 is 5.73 Å². The van der Waals surface area contributed by atoms with E-state index in [1.165, 1.54) is 0 Å². The second-order valence-electron chi connectivity index (χ2n) is 13.9. The molecule has 0 amide bonds. The van der Waals surface area contributed by atoms with Crippen molar-refractivity contribution >= 4 is 17.3 Å².